The van der Waals surface area contributed by atoms with Crippen molar-refractivity contribution in [1.82, 2.24) is 5.16 Å². The molecule has 0 unspecified atom stereocenters. The lowest BCUT2D eigenvalue weighted by atomic mass is 10.4. The predicted octanol–water partition coefficient (Wildman–Crippen LogP) is 0.561. The van der Waals surface area contributed by atoms with Gasteiger partial charge in [-0.3, -0.25) is 4.79 Å². The third-order valence-electron chi connectivity index (χ3n) is 1.09. The molecule has 1 aromatic rings. The van der Waals surface area contributed by atoms with Crippen molar-refractivity contribution >= 4 is 5.91 Å². The van der Waals surface area contributed by atoms with E-state index in [0.29, 0.717) is 0 Å². The highest BCUT2D eigenvalue weighted by atomic mass is 16.5. The van der Waals surface area contributed by atoms with Crippen molar-refractivity contribution < 1.29 is 14.1 Å². The number of hydrogen-bond donors (Lipinski definition) is 1. The van der Waals surface area contributed by atoms with Crippen LogP contribution in [-0.4, -0.2) is 17.2 Å². The molecule has 5 nitrogen and oxygen atoms in total. The third-order valence-corrected chi connectivity index (χ3v) is 1.09. The Balaban J connectivity index is 2.71. The van der Waals surface area contributed by atoms with E-state index in [2.05, 4.69) is 9.68 Å². The van der Waals surface area contributed by atoms with Gasteiger partial charge in [-0.25, -0.2) is 0 Å². The number of carbonyl (C=O) groups excluding carboxylic acids is 1. The lowest BCUT2D eigenvalue weighted by molar-refractivity contribution is 0.0964. The number of primary amides is 1. The summed E-state index contributed by atoms with van der Waals surface area (Å²) in [5.41, 5.74) is 4.93. The first-order valence-corrected chi connectivity index (χ1v) is 3.52. The number of rotatable bonds is 3. The number of hydrogen-bond acceptors (Lipinski definition) is 4. The molecule has 1 rings (SSSR count). The van der Waals surface area contributed by atoms with Gasteiger partial charge in [0.15, 0.2) is 0 Å². The summed E-state index contributed by atoms with van der Waals surface area (Å²) in [6, 6.07) is 1.36. The molecular formula is C7H10N2O3. The molecule has 1 amide bonds. The second kappa shape index (κ2) is 3.25. The predicted molar refractivity (Wildman–Crippen MR) is 40.8 cm³/mol. The molecule has 0 saturated heterocycles. The molecule has 0 aromatic carbocycles. The van der Waals surface area contributed by atoms with Gasteiger partial charge in [-0.1, -0.05) is 0 Å². The lowest BCUT2D eigenvalue weighted by Crippen LogP contribution is -2.09. The van der Waals surface area contributed by atoms with Gasteiger partial charge in [-0.05, 0) is 19.0 Å². The molecule has 2 N–H and O–H groups in total. The maximum Gasteiger partial charge on any atom is 0.287 e. The molecule has 0 saturated carbocycles. The fraction of sp³-hybridized carbons (Fsp3) is 0.429. The molecule has 1 heterocycles. The van der Waals surface area contributed by atoms with Gasteiger partial charge in [0, 0.05) is 0 Å². The quantitative estimate of drug-likeness (QED) is 0.718. The van der Waals surface area contributed by atoms with Crippen molar-refractivity contribution in [3.63, 3.8) is 0 Å². The molecule has 1 aromatic heterocycles. The highest BCUT2D eigenvalue weighted by Crippen LogP contribution is 2.11. The summed E-state index contributed by atoms with van der Waals surface area (Å²) in [5.74, 6) is -0.370. The first kappa shape index (κ1) is 8.58. The molecule has 0 spiro atoms. The van der Waals surface area contributed by atoms with Crippen LogP contribution in [0.1, 0.15) is 24.4 Å². The topological polar surface area (TPSA) is 78.4 Å². The van der Waals surface area contributed by atoms with Crippen molar-refractivity contribution in [2.45, 2.75) is 20.0 Å². The van der Waals surface area contributed by atoms with Crippen LogP contribution in [-0.2, 0) is 0 Å². The largest absolute Gasteiger partial charge is 0.473 e. The van der Waals surface area contributed by atoms with Crippen LogP contribution < -0.4 is 10.5 Å². The molecule has 5 heteroatoms. The van der Waals surface area contributed by atoms with Crippen molar-refractivity contribution in [2.75, 3.05) is 0 Å². The Hall–Kier alpha value is -1.52. The van der Waals surface area contributed by atoms with Crippen LogP contribution in [0.15, 0.2) is 10.6 Å². The first-order chi connectivity index (χ1) is 5.59. The van der Waals surface area contributed by atoms with Crippen LogP contribution in [0.3, 0.4) is 0 Å². The molecule has 0 bridgehead atoms. The van der Waals surface area contributed by atoms with E-state index < -0.39 is 5.91 Å². The Morgan fingerprint density at radius 3 is 2.83 bits per heavy atom. The average molecular weight is 170 g/mol. The van der Waals surface area contributed by atoms with Gasteiger partial charge < -0.3 is 15.0 Å². The summed E-state index contributed by atoms with van der Waals surface area (Å²) in [6.07, 6.45) is -0.00386. The number of aromatic nitrogens is 1. The maximum atomic E-state index is 10.5. The average Bonchev–Trinajstić information content (AvgIpc) is 2.34. The molecule has 0 aliphatic carbocycles. The van der Waals surface area contributed by atoms with E-state index in [0.717, 1.165) is 0 Å². The van der Waals surface area contributed by atoms with Crippen LogP contribution in [0, 0.1) is 0 Å². The number of ether oxygens (including phenoxy) is 1. The van der Waals surface area contributed by atoms with Crippen molar-refractivity contribution in [3.8, 4) is 5.88 Å². The van der Waals surface area contributed by atoms with Crippen LogP contribution >= 0.6 is 0 Å². The second-order valence-corrected chi connectivity index (χ2v) is 2.56. The van der Waals surface area contributed by atoms with Crippen LogP contribution in [0.25, 0.3) is 0 Å². The summed E-state index contributed by atoms with van der Waals surface area (Å²) in [6.45, 7) is 3.69. The fourth-order valence-electron chi connectivity index (χ4n) is 0.672. The molecular weight excluding hydrogens is 160 g/mol. The van der Waals surface area contributed by atoms with E-state index in [1.54, 1.807) is 0 Å². The molecule has 0 aliphatic rings. The Bertz CT molecular complexity index is 280. The van der Waals surface area contributed by atoms with E-state index in [1.165, 1.54) is 6.07 Å². The molecule has 0 atom stereocenters. The van der Waals surface area contributed by atoms with Gasteiger partial charge >= 0.3 is 0 Å². The fourth-order valence-corrected chi connectivity index (χ4v) is 0.672. The lowest BCUT2D eigenvalue weighted by Gasteiger charge is -2.02. The molecule has 12 heavy (non-hydrogen) atoms. The van der Waals surface area contributed by atoms with Gasteiger partial charge in [0.05, 0.1) is 12.2 Å². The van der Waals surface area contributed by atoms with Crippen LogP contribution in [0.4, 0.5) is 0 Å². The van der Waals surface area contributed by atoms with Gasteiger partial charge in [-0.15, -0.1) is 0 Å². The Kier molecular flexibility index (Phi) is 2.32. The minimum absolute atomic E-state index is 0.00386. The van der Waals surface area contributed by atoms with Crippen molar-refractivity contribution in [2.24, 2.45) is 5.73 Å². The molecule has 66 valence electrons. The van der Waals surface area contributed by atoms with E-state index >= 15 is 0 Å². The zero-order chi connectivity index (χ0) is 9.14. The zero-order valence-electron chi connectivity index (χ0n) is 6.90. The molecule has 0 fully saturated rings. The number of nitrogens with zero attached hydrogens (tertiary/aromatic N) is 1. The Labute approximate surface area is 69.5 Å². The standard InChI is InChI=1S/C7H10N2O3/c1-4(2)11-6-3-5(7(8)10)12-9-6/h3-4H,1-2H3,(H2,8,10). The SMILES string of the molecule is CC(C)Oc1cc(C(N)=O)on1. The molecule has 0 radical (unpaired) electrons. The number of carbonyl (C=O) groups is 1. The highest BCUT2D eigenvalue weighted by Gasteiger charge is 2.10. The Morgan fingerprint density at radius 2 is 2.42 bits per heavy atom. The van der Waals surface area contributed by atoms with Gasteiger partial charge in [0.1, 0.15) is 0 Å². The number of nitrogens with two attached hydrogens (primary N) is 1. The van der Waals surface area contributed by atoms with Gasteiger partial charge in [0.25, 0.3) is 11.8 Å². The summed E-state index contributed by atoms with van der Waals surface area (Å²) in [5, 5.41) is 3.48. The highest BCUT2D eigenvalue weighted by molar-refractivity contribution is 5.89. The van der Waals surface area contributed by atoms with Crippen molar-refractivity contribution in [3.05, 3.63) is 11.8 Å². The summed E-state index contributed by atoms with van der Waals surface area (Å²) in [7, 11) is 0. The summed E-state index contributed by atoms with van der Waals surface area (Å²) >= 11 is 0. The first-order valence-electron chi connectivity index (χ1n) is 3.52. The normalized spacial score (nSPS) is 10.2. The summed E-state index contributed by atoms with van der Waals surface area (Å²) < 4.78 is 9.71. The third kappa shape index (κ3) is 1.98. The summed E-state index contributed by atoms with van der Waals surface area (Å²) in [4.78, 5) is 10.5. The maximum absolute atomic E-state index is 10.5. The van der Waals surface area contributed by atoms with E-state index in [1.807, 2.05) is 13.8 Å². The van der Waals surface area contributed by atoms with E-state index in [-0.39, 0.29) is 17.7 Å². The zero-order valence-corrected chi connectivity index (χ0v) is 6.90. The Morgan fingerprint density at radius 1 is 1.75 bits per heavy atom. The monoisotopic (exact) mass is 170 g/mol. The molecule has 0 aliphatic heterocycles. The minimum atomic E-state index is -0.652. The van der Waals surface area contributed by atoms with Gasteiger partial charge in [-0.2, -0.15) is 0 Å². The number of amides is 1. The van der Waals surface area contributed by atoms with Crippen molar-refractivity contribution in [1.29, 1.82) is 0 Å². The van der Waals surface area contributed by atoms with Gasteiger partial charge in [0.2, 0.25) is 5.76 Å². The minimum Gasteiger partial charge on any atom is -0.473 e. The van der Waals surface area contributed by atoms with E-state index in [4.69, 9.17) is 10.5 Å². The van der Waals surface area contributed by atoms with Crippen LogP contribution in [0.2, 0.25) is 0 Å². The smallest absolute Gasteiger partial charge is 0.287 e. The second-order valence-electron chi connectivity index (χ2n) is 2.56. The van der Waals surface area contributed by atoms with Crippen LogP contribution in [0.5, 0.6) is 5.88 Å². The van der Waals surface area contributed by atoms with E-state index in [9.17, 15) is 4.79 Å².